The normalized spacial score (nSPS) is 10.4. The van der Waals surface area contributed by atoms with Crippen LogP contribution in [-0.2, 0) is 0 Å². The second-order valence-corrected chi connectivity index (χ2v) is 5.26. The van der Waals surface area contributed by atoms with E-state index in [4.69, 9.17) is 5.84 Å². The maximum absolute atomic E-state index is 5.49. The van der Waals surface area contributed by atoms with Gasteiger partial charge in [-0.2, -0.15) is 0 Å². The van der Waals surface area contributed by atoms with E-state index in [0.717, 1.165) is 17.1 Å². The zero-order valence-electron chi connectivity index (χ0n) is 13.2. The summed E-state index contributed by atoms with van der Waals surface area (Å²) >= 11 is 0. The number of aryl methyl sites for hydroxylation is 2. The van der Waals surface area contributed by atoms with Gasteiger partial charge in [0.25, 0.3) is 0 Å². The van der Waals surface area contributed by atoms with Crippen LogP contribution in [0.25, 0.3) is 0 Å². The fourth-order valence-corrected chi connectivity index (χ4v) is 2.20. The maximum Gasteiger partial charge on any atom is 0.148 e. The maximum atomic E-state index is 5.49. The molecule has 2 aromatic rings. The molecule has 21 heavy (non-hydrogen) atoms. The molecule has 1 aromatic carbocycles. The first-order chi connectivity index (χ1) is 9.92. The summed E-state index contributed by atoms with van der Waals surface area (Å²) in [6.07, 6.45) is 0. The molecular formula is C15H22N6. The smallest absolute Gasteiger partial charge is 0.148 e. The van der Waals surface area contributed by atoms with Crippen LogP contribution in [0, 0.1) is 20.8 Å². The number of hydrazine groups is 1. The summed E-state index contributed by atoms with van der Waals surface area (Å²) in [6, 6.07) is 6.22. The summed E-state index contributed by atoms with van der Waals surface area (Å²) in [6.45, 7) is 5.86. The van der Waals surface area contributed by atoms with Gasteiger partial charge in [0.2, 0.25) is 0 Å². The second-order valence-electron chi connectivity index (χ2n) is 5.26. The molecule has 0 bridgehead atoms. The van der Waals surface area contributed by atoms with Crippen LogP contribution >= 0.6 is 0 Å². The molecule has 0 aliphatic heterocycles. The van der Waals surface area contributed by atoms with Crippen molar-refractivity contribution in [3.05, 3.63) is 35.2 Å². The van der Waals surface area contributed by atoms with Gasteiger partial charge in [0.05, 0.1) is 0 Å². The molecule has 0 fully saturated rings. The molecule has 0 atom stereocenters. The SMILES string of the molecule is Cc1nc(NN)c(C)c(Nc2ccc(C)c(N(C)C)c2)n1. The molecule has 6 nitrogen and oxygen atoms in total. The van der Waals surface area contributed by atoms with Crippen LogP contribution in [0.1, 0.15) is 17.0 Å². The summed E-state index contributed by atoms with van der Waals surface area (Å²) in [5, 5.41) is 3.34. The van der Waals surface area contributed by atoms with Gasteiger partial charge in [0.1, 0.15) is 17.5 Å². The fourth-order valence-electron chi connectivity index (χ4n) is 2.20. The van der Waals surface area contributed by atoms with Gasteiger partial charge in [-0.1, -0.05) is 6.07 Å². The monoisotopic (exact) mass is 286 g/mol. The predicted molar refractivity (Wildman–Crippen MR) is 88.1 cm³/mol. The van der Waals surface area contributed by atoms with Crippen LogP contribution in [-0.4, -0.2) is 24.1 Å². The highest BCUT2D eigenvalue weighted by Gasteiger charge is 2.09. The van der Waals surface area contributed by atoms with Gasteiger partial charge in [-0.15, -0.1) is 0 Å². The molecule has 4 N–H and O–H groups in total. The molecule has 0 amide bonds. The largest absolute Gasteiger partial charge is 0.377 e. The average Bonchev–Trinajstić information content (AvgIpc) is 2.44. The van der Waals surface area contributed by atoms with E-state index >= 15 is 0 Å². The van der Waals surface area contributed by atoms with E-state index in [1.54, 1.807) is 0 Å². The lowest BCUT2D eigenvalue weighted by atomic mass is 10.1. The average molecular weight is 286 g/mol. The first-order valence-corrected chi connectivity index (χ1v) is 6.79. The van der Waals surface area contributed by atoms with Crippen molar-refractivity contribution >= 4 is 23.0 Å². The van der Waals surface area contributed by atoms with E-state index in [2.05, 4.69) is 44.7 Å². The van der Waals surface area contributed by atoms with Crippen LogP contribution in [0.3, 0.4) is 0 Å². The molecule has 1 heterocycles. The van der Waals surface area contributed by atoms with E-state index in [1.807, 2.05) is 34.0 Å². The van der Waals surface area contributed by atoms with Crippen molar-refractivity contribution in [1.29, 1.82) is 0 Å². The third kappa shape index (κ3) is 3.22. The number of nitrogens with zero attached hydrogens (tertiary/aromatic N) is 3. The molecule has 0 spiro atoms. The molecule has 0 saturated heterocycles. The number of benzene rings is 1. The number of nitrogens with one attached hydrogen (secondary N) is 2. The molecule has 0 saturated carbocycles. The summed E-state index contributed by atoms with van der Waals surface area (Å²) in [7, 11) is 4.06. The molecule has 0 radical (unpaired) electrons. The van der Waals surface area contributed by atoms with Gasteiger partial charge in [-0.3, -0.25) is 0 Å². The molecule has 2 rings (SSSR count). The van der Waals surface area contributed by atoms with E-state index in [9.17, 15) is 0 Å². The standard InChI is InChI=1S/C15H22N6/c1-9-6-7-12(8-13(9)21(4)5)19-14-10(2)15(20-16)18-11(3)17-14/h6-8H,16H2,1-5H3,(H2,17,18,19,20). The number of aromatic nitrogens is 2. The van der Waals surface area contributed by atoms with E-state index in [0.29, 0.717) is 11.6 Å². The highest BCUT2D eigenvalue weighted by molar-refractivity contribution is 5.69. The minimum absolute atomic E-state index is 0.630. The molecule has 6 heteroatoms. The molecule has 0 aliphatic rings. The van der Waals surface area contributed by atoms with Crippen LogP contribution in [0.2, 0.25) is 0 Å². The van der Waals surface area contributed by atoms with Gasteiger partial charge < -0.3 is 15.6 Å². The minimum atomic E-state index is 0.630. The Morgan fingerprint density at radius 3 is 2.33 bits per heavy atom. The third-order valence-corrected chi connectivity index (χ3v) is 3.35. The Labute approximate surface area is 125 Å². The molecule has 0 unspecified atom stereocenters. The van der Waals surface area contributed by atoms with Crippen molar-refractivity contribution in [2.45, 2.75) is 20.8 Å². The lowest BCUT2D eigenvalue weighted by molar-refractivity contribution is 1.03. The topological polar surface area (TPSA) is 79.1 Å². The van der Waals surface area contributed by atoms with Crippen molar-refractivity contribution in [3.8, 4) is 0 Å². The molecule has 1 aromatic heterocycles. The van der Waals surface area contributed by atoms with Crippen molar-refractivity contribution in [1.82, 2.24) is 9.97 Å². The number of rotatable bonds is 4. The number of hydrogen-bond donors (Lipinski definition) is 3. The highest BCUT2D eigenvalue weighted by Crippen LogP contribution is 2.27. The van der Waals surface area contributed by atoms with Crippen molar-refractivity contribution < 1.29 is 0 Å². The van der Waals surface area contributed by atoms with E-state index in [1.165, 1.54) is 11.3 Å². The number of nitrogen functional groups attached to an aromatic ring is 1. The lowest BCUT2D eigenvalue weighted by Gasteiger charge is -2.18. The summed E-state index contributed by atoms with van der Waals surface area (Å²) in [5.41, 5.74) is 6.86. The Morgan fingerprint density at radius 2 is 1.71 bits per heavy atom. The minimum Gasteiger partial charge on any atom is -0.377 e. The quantitative estimate of drug-likeness (QED) is 0.592. The van der Waals surface area contributed by atoms with Gasteiger partial charge >= 0.3 is 0 Å². The fraction of sp³-hybridized carbons (Fsp3) is 0.333. The van der Waals surface area contributed by atoms with Crippen molar-refractivity contribution in [2.24, 2.45) is 5.84 Å². The van der Waals surface area contributed by atoms with Crippen LogP contribution in [0.5, 0.6) is 0 Å². The number of nitrogens with two attached hydrogens (primary N) is 1. The zero-order chi connectivity index (χ0) is 15.6. The first kappa shape index (κ1) is 15.1. The van der Waals surface area contributed by atoms with Crippen LogP contribution in [0.15, 0.2) is 18.2 Å². The Kier molecular flexibility index (Phi) is 4.28. The van der Waals surface area contributed by atoms with Crippen molar-refractivity contribution in [3.63, 3.8) is 0 Å². The van der Waals surface area contributed by atoms with Crippen LogP contribution in [0.4, 0.5) is 23.0 Å². The summed E-state index contributed by atoms with van der Waals surface area (Å²) in [4.78, 5) is 10.8. The van der Waals surface area contributed by atoms with Crippen LogP contribution < -0.4 is 21.5 Å². The Morgan fingerprint density at radius 1 is 1.05 bits per heavy atom. The number of hydrogen-bond acceptors (Lipinski definition) is 6. The van der Waals surface area contributed by atoms with Gasteiger partial charge in [-0.05, 0) is 38.5 Å². The lowest BCUT2D eigenvalue weighted by Crippen LogP contribution is -2.13. The first-order valence-electron chi connectivity index (χ1n) is 6.79. The Balaban J connectivity index is 2.39. The highest BCUT2D eigenvalue weighted by atomic mass is 15.3. The second kappa shape index (κ2) is 5.97. The predicted octanol–water partition coefficient (Wildman–Crippen LogP) is 2.50. The van der Waals surface area contributed by atoms with Gasteiger partial charge in [-0.25, -0.2) is 15.8 Å². The van der Waals surface area contributed by atoms with E-state index < -0.39 is 0 Å². The molecule has 0 aliphatic carbocycles. The Bertz CT molecular complexity index is 651. The molecule has 112 valence electrons. The summed E-state index contributed by atoms with van der Waals surface area (Å²) < 4.78 is 0. The summed E-state index contributed by atoms with van der Waals surface area (Å²) in [5.74, 6) is 7.54. The van der Waals surface area contributed by atoms with E-state index in [-0.39, 0.29) is 0 Å². The molecular weight excluding hydrogens is 264 g/mol. The zero-order valence-corrected chi connectivity index (χ0v) is 13.2. The van der Waals surface area contributed by atoms with Gasteiger partial charge in [0, 0.05) is 31.0 Å². The van der Waals surface area contributed by atoms with Crippen molar-refractivity contribution in [2.75, 3.05) is 29.7 Å². The Hall–Kier alpha value is -2.34. The van der Waals surface area contributed by atoms with Gasteiger partial charge in [0.15, 0.2) is 0 Å². The number of anilines is 4. The third-order valence-electron chi connectivity index (χ3n) is 3.35.